The van der Waals surface area contributed by atoms with Crippen molar-refractivity contribution < 1.29 is 9.59 Å². The van der Waals surface area contributed by atoms with Gasteiger partial charge in [-0.3, -0.25) is 4.79 Å². The Hall–Kier alpha value is -1.75. The van der Waals surface area contributed by atoms with Crippen molar-refractivity contribution in [2.75, 3.05) is 20.1 Å². The molecule has 1 saturated heterocycles. The molecule has 1 aliphatic rings. The molecule has 26 heavy (non-hydrogen) atoms. The lowest BCUT2D eigenvalue weighted by Gasteiger charge is -2.38. The van der Waals surface area contributed by atoms with E-state index in [2.05, 4.69) is 19.2 Å². The number of carbonyl (C=O) groups is 2. The number of rotatable bonds is 5. The SMILES string of the molecule is Cc1cc(CNC(=O)N(C)[C@@H]2CCCN(C(=O)CC(C)C)C2)ccc1Cl. The maximum Gasteiger partial charge on any atom is 0.317 e. The molecule has 3 amide bonds. The number of aryl methyl sites for hydroxylation is 1. The first kappa shape index (κ1) is 20.6. The van der Waals surface area contributed by atoms with E-state index in [0.717, 1.165) is 35.5 Å². The Balaban J connectivity index is 1.88. The molecule has 0 aliphatic carbocycles. The van der Waals surface area contributed by atoms with Crippen molar-refractivity contribution in [1.82, 2.24) is 15.1 Å². The van der Waals surface area contributed by atoms with Crippen LogP contribution in [0.4, 0.5) is 4.79 Å². The van der Waals surface area contributed by atoms with E-state index in [1.165, 1.54) is 0 Å². The summed E-state index contributed by atoms with van der Waals surface area (Å²) in [5.74, 6) is 0.543. The molecule has 1 fully saturated rings. The van der Waals surface area contributed by atoms with Gasteiger partial charge in [0.25, 0.3) is 0 Å². The molecule has 1 aromatic rings. The third-order valence-corrected chi connectivity index (χ3v) is 5.29. The highest BCUT2D eigenvalue weighted by Gasteiger charge is 2.28. The highest BCUT2D eigenvalue weighted by Crippen LogP contribution is 2.18. The standard InChI is InChI=1S/C20H30ClN3O2/c1-14(2)10-19(25)24-9-5-6-17(13-24)23(4)20(26)22-12-16-7-8-18(21)15(3)11-16/h7-8,11,14,17H,5-6,9-10,12-13H2,1-4H3,(H,22,26)/t17-/m1/s1. The van der Waals surface area contributed by atoms with E-state index in [9.17, 15) is 9.59 Å². The maximum atomic E-state index is 12.5. The number of hydrogen-bond acceptors (Lipinski definition) is 2. The molecule has 0 bridgehead atoms. The van der Waals surface area contributed by atoms with E-state index in [0.29, 0.717) is 25.4 Å². The smallest absolute Gasteiger partial charge is 0.317 e. The van der Waals surface area contributed by atoms with Gasteiger partial charge < -0.3 is 15.1 Å². The van der Waals surface area contributed by atoms with Crippen molar-refractivity contribution in [3.63, 3.8) is 0 Å². The van der Waals surface area contributed by atoms with Gasteiger partial charge in [-0.1, -0.05) is 37.6 Å². The molecule has 0 radical (unpaired) electrons. The van der Waals surface area contributed by atoms with E-state index in [-0.39, 0.29) is 18.0 Å². The minimum atomic E-state index is -0.110. The summed E-state index contributed by atoms with van der Waals surface area (Å²) in [6.45, 7) is 7.93. The van der Waals surface area contributed by atoms with Crippen LogP contribution in [0.25, 0.3) is 0 Å². The van der Waals surface area contributed by atoms with Crippen LogP contribution in [-0.2, 0) is 11.3 Å². The molecule has 0 saturated carbocycles. The summed E-state index contributed by atoms with van der Waals surface area (Å²) in [5, 5.41) is 3.69. The fourth-order valence-corrected chi connectivity index (χ4v) is 3.38. The lowest BCUT2D eigenvalue weighted by atomic mass is 10.0. The Morgan fingerprint density at radius 3 is 2.77 bits per heavy atom. The van der Waals surface area contributed by atoms with Gasteiger partial charge in [-0.2, -0.15) is 0 Å². The topological polar surface area (TPSA) is 52.7 Å². The van der Waals surface area contributed by atoms with E-state index in [1.54, 1.807) is 4.90 Å². The van der Waals surface area contributed by atoms with Gasteiger partial charge in [0.1, 0.15) is 0 Å². The average Bonchev–Trinajstić information content (AvgIpc) is 2.61. The van der Waals surface area contributed by atoms with E-state index in [1.807, 2.05) is 37.1 Å². The molecule has 1 atom stereocenters. The van der Waals surface area contributed by atoms with Crippen molar-refractivity contribution in [3.05, 3.63) is 34.3 Å². The van der Waals surface area contributed by atoms with Crippen molar-refractivity contribution in [2.45, 2.75) is 52.6 Å². The monoisotopic (exact) mass is 379 g/mol. The third kappa shape index (κ3) is 5.63. The van der Waals surface area contributed by atoms with Crippen LogP contribution in [0.1, 0.15) is 44.2 Å². The zero-order chi connectivity index (χ0) is 19.3. The van der Waals surface area contributed by atoms with E-state index < -0.39 is 0 Å². The zero-order valence-corrected chi connectivity index (χ0v) is 17.0. The molecular weight excluding hydrogens is 350 g/mol. The molecule has 0 unspecified atom stereocenters. The average molecular weight is 380 g/mol. The summed E-state index contributed by atoms with van der Waals surface area (Å²) < 4.78 is 0. The number of nitrogens with zero attached hydrogens (tertiary/aromatic N) is 2. The molecule has 0 spiro atoms. The van der Waals surface area contributed by atoms with Gasteiger partial charge in [0.15, 0.2) is 0 Å². The Labute approximate surface area is 161 Å². The highest BCUT2D eigenvalue weighted by molar-refractivity contribution is 6.31. The molecule has 1 N–H and O–H groups in total. The normalized spacial score (nSPS) is 17.3. The predicted molar refractivity (Wildman–Crippen MR) is 105 cm³/mol. The molecule has 0 aromatic heterocycles. The lowest BCUT2D eigenvalue weighted by molar-refractivity contribution is -0.133. The number of nitrogens with one attached hydrogen (secondary N) is 1. The number of benzene rings is 1. The van der Waals surface area contributed by atoms with Gasteiger partial charge in [0.2, 0.25) is 5.91 Å². The van der Waals surface area contributed by atoms with Crippen molar-refractivity contribution in [1.29, 1.82) is 0 Å². The Kier molecular flexibility index (Phi) is 7.33. The van der Waals surface area contributed by atoms with Crippen molar-refractivity contribution in [3.8, 4) is 0 Å². The fourth-order valence-electron chi connectivity index (χ4n) is 3.26. The number of halogens is 1. The number of likely N-dealkylation sites (N-methyl/N-ethyl adjacent to an activating group) is 1. The van der Waals surface area contributed by atoms with Crippen LogP contribution in [0.5, 0.6) is 0 Å². The van der Waals surface area contributed by atoms with Crippen LogP contribution in [0.2, 0.25) is 5.02 Å². The van der Waals surface area contributed by atoms with E-state index >= 15 is 0 Å². The first-order valence-electron chi connectivity index (χ1n) is 9.31. The van der Waals surface area contributed by atoms with Gasteiger partial charge in [-0.05, 0) is 42.9 Å². The molecular formula is C20H30ClN3O2. The van der Waals surface area contributed by atoms with Gasteiger partial charge in [-0.25, -0.2) is 4.79 Å². The number of hydrogen-bond donors (Lipinski definition) is 1. The molecule has 144 valence electrons. The second kappa shape index (κ2) is 9.26. The van der Waals surface area contributed by atoms with Gasteiger partial charge >= 0.3 is 6.03 Å². The molecule has 1 heterocycles. The summed E-state index contributed by atoms with van der Waals surface area (Å²) in [6.07, 6.45) is 2.43. The van der Waals surface area contributed by atoms with Crippen molar-refractivity contribution >= 4 is 23.5 Å². The van der Waals surface area contributed by atoms with Crippen molar-refractivity contribution in [2.24, 2.45) is 5.92 Å². The number of urea groups is 1. The van der Waals surface area contributed by atoms with Crippen LogP contribution in [-0.4, -0.2) is 47.9 Å². The molecule has 6 heteroatoms. The molecule has 1 aromatic carbocycles. The Morgan fingerprint density at radius 1 is 1.38 bits per heavy atom. The van der Waals surface area contributed by atoms with Gasteiger partial charge in [0, 0.05) is 38.1 Å². The number of piperidine rings is 1. The fraction of sp³-hybridized carbons (Fsp3) is 0.600. The highest BCUT2D eigenvalue weighted by atomic mass is 35.5. The molecule has 1 aliphatic heterocycles. The van der Waals surface area contributed by atoms with Crippen LogP contribution >= 0.6 is 11.6 Å². The second-order valence-electron chi connectivity index (χ2n) is 7.59. The van der Waals surface area contributed by atoms with Gasteiger partial charge in [0.05, 0.1) is 6.04 Å². The minimum Gasteiger partial charge on any atom is -0.341 e. The summed E-state index contributed by atoms with van der Waals surface area (Å²) in [5.41, 5.74) is 2.02. The quantitative estimate of drug-likeness (QED) is 0.845. The largest absolute Gasteiger partial charge is 0.341 e. The van der Waals surface area contributed by atoms with Gasteiger partial charge in [-0.15, -0.1) is 0 Å². The number of amides is 3. The zero-order valence-electron chi connectivity index (χ0n) is 16.2. The third-order valence-electron chi connectivity index (χ3n) is 4.87. The molecule has 5 nitrogen and oxygen atoms in total. The number of carbonyl (C=O) groups excluding carboxylic acids is 2. The van der Waals surface area contributed by atoms with Crippen LogP contribution < -0.4 is 5.32 Å². The van der Waals surface area contributed by atoms with Crippen LogP contribution in [0.15, 0.2) is 18.2 Å². The Bertz CT molecular complexity index is 648. The van der Waals surface area contributed by atoms with Crippen LogP contribution in [0, 0.1) is 12.8 Å². The summed E-state index contributed by atoms with van der Waals surface area (Å²) in [6, 6.07) is 5.70. The van der Waals surface area contributed by atoms with Crippen LogP contribution in [0.3, 0.4) is 0 Å². The Morgan fingerprint density at radius 2 is 2.12 bits per heavy atom. The number of likely N-dealkylation sites (tertiary alicyclic amines) is 1. The summed E-state index contributed by atoms with van der Waals surface area (Å²) >= 11 is 6.04. The first-order chi connectivity index (χ1) is 12.3. The van der Waals surface area contributed by atoms with E-state index in [4.69, 9.17) is 11.6 Å². The lowest BCUT2D eigenvalue weighted by Crippen LogP contribution is -2.52. The first-order valence-corrected chi connectivity index (χ1v) is 9.69. The summed E-state index contributed by atoms with van der Waals surface area (Å²) in [7, 11) is 1.81. The molecule has 2 rings (SSSR count). The summed E-state index contributed by atoms with van der Waals surface area (Å²) in [4.78, 5) is 28.5. The predicted octanol–water partition coefficient (Wildman–Crippen LogP) is 3.83. The second-order valence-corrected chi connectivity index (χ2v) is 7.99. The minimum absolute atomic E-state index is 0.0619. The maximum absolute atomic E-state index is 12.5.